The van der Waals surface area contributed by atoms with Crippen LogP contribution in [-0.2, 0) is 14.2 Å². The first-order valence-corrected chi connectivity index (χ1v) is 7.14. The van der Waals surface area contributed by atoms with Gasteiger partial charge in [-0.05, 0) is 13.8 Å². The number of anilines is 1. The number of imidazole rings is 1. The molecule has 0 spiro atoms. The van der Waals surface area contributed by atoms with E-state index in [1.165, 1.54) is 6.33 Å². The van der Waals surface area contributed by atoms with Gasteiger partial charge in [0.1, 0.15) is 30.2 Å². The Bertz CT molecular complexity index is 717. The quantitative estimate of drug-likeness (QED) is 0.781. The molecule has 9 nitrogen and oxygen atoms in total. The van der Waals surface area contributed by atoms with Gasteiger partial charge in [-0.15, -0.1) is 0 Å². The Labute approximate surface area is 126 Å². The van der Waals surface area contributed by atoms with Crippen molar-refractivity contribution in [1.29, 1.82) is 0 Å². The van der Waals surface area contributed by atoms with E-state index in [0.29, 0.717) is 23.5 Å². The molecule has 0 aliphatic carbocycles. The predicted octanol–water partition coefficient (Wildman–Crippen LogP) is -0.215. The van der Waals surface area contributed by atoms with Crippen LogP contribution in [0.3, 0.4) is 0 Å². The maximum absolute atomic E-state index is 6.01. The zero-order valence-electron chi connectivity index (χ0n) is 12.3. The van der Waals surface area contributed by atoms with Crippen LogP contribution in [0.15, 0.2) is 12.7 Å². The monoisotopic (exact) mass is 306 g/mol. The normalized spacial score (nSPS) is 33.4. The second-order valence-corrected chi connectivity index (χ2v) is 5.95. The minimum atomic E-state index is -0.671. The largest absolute Gasteiger partial charge is 0.382 e. The Morgan fingerprint density at radius 2 is 2.00 bits per heavy atom. The lowest BCUT2D eigenvalue weighted by Gasteiger charge is -2.24. The van der Waals surface area contributed by atoms with Gasteiger partial charge in [0.05, 0.1) is 6.33 Å². The summed E-state index contributed by atoms with van der Waals surface area (Å²) in [5, 5.41) is 0. The van der Waals surface area contributed by atoms with E-state index >= 15 is 0 Å². The SMILES string of the molecule is CC1(C)O[C@@H]2[C@@H](O1)[C@@H](CN)O[C@H]2n1cnc2c(N)ncnc21. The number of nitrogens with zero attached hydrogens (tertiary/aromatic N) is 4. The average molecular weight is 306 g/mol. The molecule has 2 aliphatic rings. The molecular formula is C13H18N6O3. The first-order chi connectivity index (χ1) is 10.5. The minimum absolute atomic E-state index is 0.221. The predicted molar refractivity (Wildman–Crippen MR) is 76.5 cm³/mol. The molecule has 2 aromatic heterocycles. The summed E-state index contributed by atoms with van der Waals surface area (Å²) in [6.45, 7) is 4.10. The highest BCUT2D eigenvalue weighted by molar-refractivity contribution is 5.81. The molecule has 0 radical (unpaired) electrons. The Hall–Kier alpha value is -1.81. The van der Waals surface area contributed by atoms with Crippen LogP contribution in [0.1, 0.15) is 20.1 Å². The molecule has 118 valence electrons. The van der Waals surface area contributed by atoms with Crippen LogP contribution in [0.4, 0.5) is 5.82 Å². The molecule has 2 aromatic rings. The molecule has 4 heterocycles. The van der Waals surface area contributed by atoms with Crippen LogP contribution in [0.5, 0.6) is 0 Å². The van der Waals surface area contributed by atoms with Crippen LogP contribution < -0.4 is 11.5 Å². The molecule has 2 aliphatic heterocycles. The van der Waals surface area contributed by atoms with Crippen molar-refractivity contribution in [1.82, 2.24) is 19.5 Å². The van der Waals surface area contributed by atoms with Crippen LogP contribution in [0, 0.1) is 0 Å². The maximum atomic E-state index is 6.01. The third-order valence-electron chi connectivity index (χ3n) is 4.02. The second-order valence-electron chi connectivity index (χ2n) is 5.95. The third kappa shape index (κ3) is 1.90. The van der Waals surface area contributed by atoms with E-state index in [-0.39, 0.29) is 18.3 Å². The van der Waals surface area contributed by atoms with Gasteiger partial charge in [0, 0.05) is 6.54 Å². The van der Waals surface area contributed by atoms with Crippen molar-refractivity contribution in [2.75, 3.05) is 12.3 Å². The lowest BCUT2D eigenvalue weighted by atomic mass is 10.1. The fourth-order valence-electron chi connectivity index (χ4n) is 3.13. The van der Waals surface area contributed by atoms with Gasteiger partial charge < -0.3 is 25.7 Å². The van der Waals surface area contributed by atoms with E-state index in [1.54, 1.807) is 10.9 Å². The molecule has 0 saturated carbocycles. The van der Waals surface area contributed by atoms with Crippen molar-refractivity contribution < 1.29 is 14.2 Å². The van der Waals surface area contributed by atoms with Gasteiger partial charge >= 0.3 is 0 Å². The summed E-state index contributed by atoms with van der Waals surface area (Å²) in [6.07, 6.45) is 1.87. The van der Waals surface area contributed by atoms with Crippen molar-refractivity contribution in [3.8, 4) is 0 Å². The molecule has 4 atom stereocenters. The van der Waals surface area contributed by atoms with E-state index in [2.05, 4.69) is 15.0 Å². The Morgan fingerprint density at radius 3 is 2.77 bits per heavy atom. The minimum Gasteiger partial charge on any atom is -0.382 e. The summed E-state index contributed by atoms with van der Waals surface area (Å²) >= 11 is 0. The summed E-state index contributed by atoms with van der Waals surface area (Å²) in [6, 6.07) is 0. The van der Waals surface area contributed by atoms with Crippen LogP contribution in [-0.4, -0.2) is 50.2 Å². The first-order valence-electron chi connectivity index (χ1n) is 7.14. The van der Waals surface area contributed by atoms with Crippen molar-refractivity contribution in [3.63, 3.8) is 0 Å². The smallest absolute Gasteiger partial charge is 0.167 e. The number of aromatic nitrogens is 4. The summed E-state index contributed by atoms with van der Waals surface area (Å²) in [4.78, 5) is 12.5. The fourth-order valence-corrected chi connectivity index (χ4v) is 3.13. The Balaban J connectivity index is 1.77. The Kier molecular flexibility index (Phi) is 2.89. The van der Waals surface area contributed by atoms with Gasteiger partial charge in [0.15, 0.2) is 23.5 Å². The average Bonchev–Trinajstić information content (AvgIpc) is 3.10. The lowest BCUT2D eigenvalue weighted by molar-refractivity contribution is -0.195. The highest BCUT2D eigenvalue weighted by atomic mass is 16.8. The lowest BCUT2D eigenvalue weighted by Crippen LogP contribution is -2.34. The van der Waals surface area contributed by atoms with E-state index in [9.17, 15) is 0 Å². The van der Waals surface area contributed by atoms with E-state index in [0.717, 1.165) is 0 Å². The summed E-state index contributed by atoms with van der Waals surface area (Å²) in [7, 11) is 0. The number of rotatable bonds is 2. The third-order valence-corrected chi connectivity index (χ3v) is 4.02. The second kappa shape index (κ2) is 4.59. The number of nitrogen functional groups attached to an aromatic ring is 1. The van der Waals surface area contributed by atoms with Crippen molar-refractivity contribution in [3.05, 3.63) is 12.7 Å². The standard InChI is InChI=1S/C13H18N6O3/c1-13(2)21-8-6(3-14)20-12(9(8)22-13)19-5-18-7-10(15)16-4-17-11(7)19/h4-6,8-9,12H,3,14H2,1-2H3,(H2,15,16,17)/t6-,8+,9-,12-/m1/s1. The highest BCUT2D eigenvalue weighted by Gasteiger charge is 2.55. The van der Waals surface area contributed by atoms with Gasteiger partial charge in [-0.1, -0.05) is 0 Å². The van der Waals surface area contributed by atoms with E-state index in [4.69, 9.17) is 25.7 Å². The molecule has 4 rings (SSSR count). The molecule has 0 aromatic carbocycles. The number of ether oxygens (including phenoxy) is 3. The summed E-state index contributed by atoms with van der Waals surface area (Å²) in [5.74, 6) is -0.340. The van der Waals surface area contributed by atoms with Crippen molar-refractivity contribution in [2.24, 2.45) is 5.73 Å². The zero-order valence-corrected chi connectivity index (χ0v) is 12.3. The topological polar surface area (TPSA) is 123 Å². The van der Waals surface area contributed by atoms with Gasteiger partial charge in [0.2, 0.25) is 0 Å². The van der Waals surface area contributed by atoms with Gasteiger partial charge in [-0.3, -0.25) is 4.57 Å². The fraction of sp³-hybridized carbons (Fsp3) is 0.615. The van der Waals surface area contributed by atoms with Crippen molar-refractivity contribution >= 4 is 17.0 Å². The molecule has 9 heteroatoms. The maximum Gasteiger partial charge on any atom is 0.167 e. The molecule has 2 saturated heterocycles. The molecule has 4 N–H and O–H groups in total. The molecule has 2 fully saturated rings. The summed E-state index contributed by atoms with van der Waals surface area (Å²) < 4.78 is 19.7. The first kappa shape index (κ1) is 13.8. The molecular weight excluding hydrogens is 288 g/mol. The molecule has 0 bridgehead atoms. The van der Waals surface area contributed by atoms with E-state index in [1.807, 2.05) is 13.8 Å². The number of nitrogens with two attached hydrogens (primary N) is 2. The number of hydrogen-bond acceptors (Lipinski definition) is 8. The summed E-state index contributed by atoms with van der Waals surface area (Å²) in [5.41, 5.74) is 12.8. The number of hydrogen-bond donors (Lipinski definition) is 2. The van der Waals surface area contributed by atoms with E-state index < -0.39 is 12.0 Å². The molecule has 22 heavy (non-hydrogen) atoms. The van der Waals surface area contributed by atoms with Crippen molar-refractivity contribution in [2.45, 2.75) is 44.2 Å². The van der Waals surface area contributed by atoms with Gasteiger partial charge in [0.25, 0.3) is 0 Å². The molecule has 0 unspecified atom stereocenters. The van der Waals surface area contributed by atoms with Gasteiger partial charge in [-0.25, -0.2) is 15.0 Å². The van der Waals surface area contributed by atoms with Crippen LogP contribution in [0.25, 0.3) is 11.2 Å². The highest BCUT2D eigenvalue weighted by Crippen LogP contribution is 2.43. The van der Waals surface area contributed by atoms with Gasteiger partial charge in [-0.2, -0.15) is 0 Å². The van der Waals surface area contributed by atoms with Crippen LogP contribution in [0.2, 0.25) is 0 Å². The number of fused-ring (bicyclic) bond motifs is 2. The molecule has 0 amide bonds. The Morgan fingerprint density at radius 1 is 1.23 bits per heavy atom. The van der Waals surface area contributed by atoms with Crippen LogP contribution >= 0.6 is 0 Å². The zero-order chi connectivity index (χ0) is 15.5.